The third kappa shape index (κ3) is 7.72. The zero-order chi connectivity index (χ0) is 24.5. The Bertz CT molecular complexity index is 1140. The van der Waals surface area contributed by atoms with Crippen LogP contribution in [-0.4, -0.2) is 8.07 Å². The summed E-state index contributed by atoms with van der Waals surface area (Å²) in [5, 5.41) is 5.99. The van der Waals surface area contributed by atoms with Gasteiger partial charge in [0, 0.05) is 0 Å². The van der Waals surface area contributed by atoms with Gasteiger partial charge >= 0.3 is 21.7 Å². The van der Waals surface area contributed by atoms with Crippen LogP contribution in [0.15, 0.2) is 72.8 Å². The van der Waals surface area contributed by atoms with Gasteiger partial charge in [-0.2, -0.15) is 17.7 Å². The van der Waals surface area contributed by atoms with Crippen LogP contribution in [-0.2, 0) is 28.1 Å². The van der Waals surface area contributed by atoms with Gasteiger partial charge in [-0.15, -0.1) is 5.19 Å². The van der Waals surface area contributed by atoms with Crippen molar-refractivity contribution in [3.63, 3.8) is 0 Å². The zero-order valence-electron chi connectivity index (χ0n) is 23.7. The molecule has 0 saturated carbocycles. The third-order valence-electron chi connectivity index (χ3n) is 7.03. The van der Waals surface area contributed by atoms with Crippen molar-refractivity contribution in [2.75, 3.05) is 0 Å². The fourth-order valence-electron chi connectivity index (χ4n) is 5.84. The van der Waals surface area contributed by atoms with Gasteiger partial charge in [0.2, 0.25) is 0 Å². The molecular weight excluding hydrogens is 579 g/mol. The van der Waals surface area contributed by atoms with Crippen LogP contribution in [0.3, 0.4) is 0 Å². The number of hydrogen-bond donors (Lipinski definition) is 0. The Labute approximate surface area is 265 Å². The van der Waals surface area contributed by atoms with Crippen LogP contribution in [0.5, 0.6) is 0 Å². The summed E-state index contributed by atoms with van der Waals surface area (Å²) >= 11 is 0. The Morgan fingerprint density at radius 3 is 1.24 bits per heavy atom. The zero-order valence-corrected chi connectivity index (χ0v) is 28.5. The molecule has 0 bridgehead atoms. The standard InChI is InChI=1S/C33H39Si.3ClH.Ti/c1-8-9-10-29-11-12-30(22-29)34(31-16-23(2)13-24(3)17-31,32-18-25(4)14-26(5)19-32)33-20-27(6)15-28(7)21-33;;;;/h11-22H,8-10H2,1-7H3;3*1H;/q-1;;;;+4/p-3. The largest absolute Gasteiger partial charge is 4.00 e. The van der Waals surface area contributed by atoms with Crippen LogP contribution in [0, 0.1) is 41.5 Å². The van der Waals surface area contributed by atoms with Gasteiger partial charge in [0.25, 0.3) is 0 Å². The number of halogens is 3. The Hall–Kier alpha value is -1.19. The molecule has 38 heavy (non-hydrogen) atoms. The first-order chi connectivity index (χ1) is 16.2. The molecule has 0 fully saturated rings. The first-order valence-electron chi connectivity index (χ1n) is 12.7. The number of unbranched alkanes of at least 4 members (excludes halogenated alkanes) is 1. The van der Waals surface area contributed by atoms with E-state index in [1.807, 2.05) is 0 Å². The Balaban J connectivity index is 0.00000342. The molecule has 0 aromatic heterocycles. The van der Waals surface area contributed by atoms with Crippen molar-refractivity contribution in [2.45, 2.75) is 67.7 Å². The molecule has 0 atom stereocenters. The second-order valence-electron chi connectivity index (χ2n) is 10.5. The smallest absolute Gasteiger partial charge is 1.00 e. The van der Waals surface area contributed by atoms with Crippen molar-refractivity contribution < 1.29 is 58.9 Å². The molecule has 0 aliphatic rings. The number of hydrogen-bond acceptors (Lipinski definition) is 0. The average Bonchev–Trinajstić information content (AvgIpc) is 3.20. The topological polar surface area (TPSA) is 0 Å². The summed E-state index contributed by atoms with van der Waals surface area (Å²) in [5.74, 6) is 0. The van der Waals surface area contributed by atoms with Crippen molar-refractivity contribution in [1.82, 2.24) is 0 Å². The van der Waals surface area contributed by atoms with Crippen molar-refractivity contribution >= 4 is 28.8 Å². The molecule has 0 aliphatic heterocycles. The molecule has 0 amide bonds. The third-order valence-corrected chi connectivity index (χ3v) is 11.7. The molecule has 0 heterocycles. The van der Waals surface area contributed by atoms with Crippen LogP contribution in [0.25, 0.3) is 0 Å². The molecule has 200 valence electrons. The van der Waals surface area contributed by atoms with Crippen molar-refractivity contribution in [2.24, 2.45) is 0 Å². The first kappa shape index (κ1) is 36.8. The van der Waals surface area contributed by atoms with Crippen LogP contribution in [0.2, 0.25) is 0 Å². The monoisotopic (exact) mass is 616 g/mol. The van der Waals surface area contributed by atoms with Crippen LogP contribution >= 0.6 is 0 Å². The summed E-state index contributed by atoms with van der Waals surface area (Å²) in [6.45, 7) is 15.8. The Kier molecular flexibility index (Phi) is 15.1. The Morgan fingerprint density at radius 2 is 0.921 bits per heavy atom. The van der Waals surface area contributed by atoms with E-state index < -0.39 is 8.07 Å². The van der Waals surface area contributed by atoms with Gasteiger partial charge in [-0.3, -0.25) is 0 Å². The van der Waals surface area contributed by atoms with Gasteiger partial charge in [0.1, 0.15) is 8.07 Å². The van der Waals surface area contributed by atoms with E-state index in [-0.39, 0.29) is 58.9 Å². The van der Waals surface area contributed by atoms with Crippen molar-refractivity contribution in [1.29, 1.82) is 0 Å². The van der Waals surface area contributed by atoms with E-state index in [4.69, 9.17) is 0 Å². The minimum absolute atomic E-state index is 0. The molecule has 0 unspecified atom stereocenters. The minimum atomic E-state index is -2.51. The predicted molar refractivity (Wildman–Crippen MR) is 153 cm³/mol. The second kappa shape index (κ2) is 15.6. The van der Waals surface area contributed by atoms with Gasteiger partial charge in [-0.1, -0.05) is 130 Å². The summed E-state index contributed by atoms with van der Waals surface area (Å²) in [6.07, 6.45) is 3.64. The normalized spacial score (nSPS) is 10.5. The van der Waals surface area contributed by atoms with Gasteiger partial charge in [-0.25, -0.2) is 6.07 Å². The molecule has 4 aromatic carbocycles. The van der Waals surface area contributed by atoms with E-state index in [1.165, 1.54) is 72.5 Å². The Morgan fingerprint density at radius 1 is 0.579 bits per heavy atom. The molecule has 4 rings (SSSR count). The maximum absolute atomic E-state index is 2.54. The van der Waals surface area contributed by atoms with E-state index >= 15 is 0 Å². The van der Waals surface area contributed by atoms with Crippen LogP contribution < -0.4 is 58.0 Å². The number of aryl methyl sites for hydroxylation is 7. The quantitative estimate of drug-likeness (QED) is 0.118. The second-order valence-corrected chi connectivity index (χ2v) is 14.3. The number of rotatable bonds is 7. The summed E-state index contributed by atoms with van der Waals surface area (Å²) in [4.78, 5) is 0. The summed E-state index contributed by atoms with van der Waals surface area (Å²) in [5.41, 5.74) is 9.55. The van der Waals surface area contributed by atoms with Crippen molar-refractivity contribution in [3.05, 3.63) is 112 Å². The summed E-state index contributed by atoms with van der Waals surface area (Å²) in [6, 6.07) is 29.1. The summed E-state index contributed by atoms with van der Waals surface area (Å²) < 4.78 is 0. The van der Waals surface area contributed by atoms with E-state index in [2.05, 4.69) is 121 Å². The molecule has 0 N–H and O–H groups in total. The predicted octanol–water partition coefficient (Wildman–Crippen LogP) is -3.01. The van der Waals surface area contributed by atoms with Gasteiger partial charge in [0.15, 0.2) is 0 Å². The van der Waals surface area contributed by atoms with Crippen LogP contribution in [0.4, 0.5) is 0 Å². The SMILES string of the molecule is CCCCc1cc[c-]([Si](c2cc(C)cc(C)c2)(c2cc(C)cc(C)c2)c2cc(C)cc(C)c2)c1.[Cl-].[Cl-].[Cl-].[Ti+4]. The van der Waals surface area contributed by atoms with Gasteiger partial charge in [-0.05, 0) is 41.5 Å². The van der Waals surface area contributed by atoms with Crippen LogP contribution in [0.1, 0.15) is 58.7 Å². The van der Waals surface area contributed by atoms with Gasteiger partial charge < -0.3 is 37.2 Å². The molecule has 0 spiro atoms. The molecular formula is C33H39Cl3SiTi. The molecule has 4 aromatic rings. The fourth-order valence-corrected chi connectivity index (χ4v) is 11.2. The molecule has 5 heteroatoms. The molecule has 0 aliphatic carbocycles. The average molecular weight is 618 g/mol. The van der Waals surface area contributed by atoms with E-state index in [0.29, 0.717) is 0 Å². The van der Waals surface area contributed by atoms with E-state index in [9.17, 15) is 0 Å². The summed E-state index contributed by atoms with van der Waals surface area (Å²) in [7, 11) is -2.51. The minimum Gasteiger partial charge on any atom is -1.00 e. The number of benzene rings is 3. The van der Waals surface area contributed by atoms with Crippen molar-refractivity contribution in [3.8, 4) is 0 Å². The molecule has 0 nitrogen and oxygen atoms in total. The molecule has 0 radical (unpaired) electrons. The van der Waals surface area contributed by atoms with E-state index in [0.717, 1.165) is 6.42 Å². The van der Waals surface area contributed by atoms with Gasteiger partial charge in [0.05, 0.1) is 0 Å². The first-order valence-corrected chi connectivity index (χ1v) is 14.7. The fraction of sp³-hybridized carbons (Fsp3) is 0.303. The molecule has 0 saturated heterocycles. The maximum Gasteiger partial charge on any atom is 4.00 e. The van der Waals surface area contributed by atoms with E-state index in [1.54, 1.807) is 0 Å². The maximum atomic E-state index is 2.54.